The Morgan fingerprint density at radius 3 is 2.73 bits per heavy atom. The molecule has 0 spiro atoms. The average molecular weight is 148 g/mol. The van der Waals surface area contributed by atoms with Crippen LogP contribution in [0.3, 0.4) is 0 Å². The average Bonchev–Trinajstić information content (AvgIpc) is 2.58. The summed E-state index contributed by atoms with van der Waals surface area (Å²) in [6.45, 7) is 0.564. The van der Waals surface area contributed by atoms with Gasteiger partial charge in [0.2, 0.25) is 0 Å². The second-order valence-electron chi connectivity index (χ2n) is 2.19. The first-order valence-electron chi connectivity index (χ1n) is 3.43. The maximum atomic E-state index is 3.85. The van der Waals surface area contributed by atoms with E-state index in [0.29, 0.717) is 6.67 Å². The predicted molar refractivity (Wildman–Crippen MR) is 41.8 cm³/mol. The largest absolute Gasteiger partial charge is 0.188 e. The van der Waals surface area contributed by atoms with Gasteiger partial charge < -0.3 is 0 Å². The molecule has 0 unspecified atom stereocenters. The molecule has 0 radical (unpaired) electrons. The van der Waals surface area contributed by atoms with E-state index in [1.165, 1.54) is 0 Å². The first kappa shape index (κ1) is 6.30. The Morgan fingerprint density at radius 1 is 1.27 bits per heavy atom. The van der Waals surface area contributed by atoms with E-state index in [4.69, 9.17) is 0 Å². The number of hydrazine groups is 1. The van der Waals surface area contributed by atoms with E-state index >= 15 is 0 Å². The number of rotatable bonds is 1. The van der Waals surface area contributed by atoms with Gasteiger partial charge in [0.25, 0.3) is 0 Å². The smallest absolute Gasteiger partial charge is 0.131 e. The lowest BCUT2D eigenvalue weighted by molar-refractivity contribution is 0.751. The van der Waals surface area contributed by atoms with Gasteiger partial charge in [0, 0.05) is 0 Å². The van der Waals surface area contributed by atoms with E-state index in [9.17, 15) is 0 Å². The molecule has 0 aliphatic carbocycles. The second-order valence-corrected chi connectivity index (χ2v) is 2.19. The molecule has 56 valence electrons. The number of anilines is 1. The highest BCUT2D eigenvalue weighted by Crippen LogP contribution is 2.12. The summed E-state index contributed by atoms with van der Waals surface area (Å²) in [5, 5.41) is 9.29. The highest BCUT2D eigenvalue weighted by molar-refractivity contribution is 5.43. The van der Waals surface area contributed by atoms with Crippen LogP contribution in [0.5, 0.6) is 0 Å². The van der Waals surface area contributed by atoms with Crippen molar-refractivity contribution in [1.29, 1.82) is 0 Å². The lowest BCUT2D eigenvalue weighted by Gasteiger charge is -2.10. The number of nitrogens with zero attached hydrogens (tertiary/aromatic N) is 3. The Morgan fingerprint density at radius 2 is 2.09 bits per heavy atom. The first-order valence-corrected chi connectivity index (χ1v) is 3.43. The lowest BCUT2D eigenvalue weighted by Crippen LogP contribution is -2.27. The third kappa shape index (κ3) is 1.20. The van der Waals surface area contributed by atoms with Gasteiger partial charge in [-0.25, -0.2) is 0 Å². The highest BCUT2D eigenvalue weighted by Gasteiger charge is 2.06. The molecule has 0 atom stereocenters. The van der Waals surface area contributed by atoms with Crippen LogP contribution in [0.15, 0.2) is 40.7 Å². The summed E-state index contributed by atoms with van der Waals surface area (Å²) >= 11 is 0. The van der Waals surface area contributed by atoms with E-state index < -0.39 is 0 Å². The van der Waals surface area contributed by atoms with Gasteiger partial charge in [0.05, 0.1) is 5.69 Å². The molecule has 0 amide bonds. The Balaban J connectivity index is 2.23. The minimum atomic E-state index is 0.564. The molecule has 11 heavy (non-hydrogen) atoms. The zero-order chi connectivity index (χ0) is 7.52. The van der Waals surface area contributed by atoms with Crippen LogP contribution in [0.25, 0.3) is 0 Å². The van der Waals surface area contributed by atoms with E-state index in [0.717, 1.165) is 5.69 Å². The highest BCUT2D eigenvalue weighted by atomic mass is 15.8. The van der Waals surface area contributed by atoms with Crippen LogP contribution >= 0.6 is 0 Å². The normalized spacial score (nSPS) is 15.8. The molecule has 0 saturated carbocycles. The summed E-state index contributed by atoms with van der Waals surface area (Å²) < 4.78 is 0. The van der Waals surface area contributed by atoms with Crippen molar-refractivity contribution in [1.82, 2.24) is 5.43 Å². The third-order valence-electron chi connectivity index (χ3n) is 1.44. The lowest BCUT2D eigenvalue weighted by atomic mass is 10.3. The van der Waals surface area contributed by atoms with Crippen LogP contribution in [-0.2, 0) is 0 Å². The number of hydrogen-bond acceptors (Lipinski definition) is 4. The minimum Gasteiger partial charge on any atom is -0.188 e. The van der Waals surface area contributed by atoms with Crippen LogP contribution in [0.1, 0.15) is 0 Å². The van der Waals surface area contributed by atoms with Crippen molar-refractivity contribution in [2.24, 2.45) is 10.3 Å². The first-order chi connectivity index (χ1) is 5.47. The van der Waals surface area contributed by atoms with Crippen molar-refractivity contribution in [2.45, 2.75) is 0 Å². The summed E-state index contributed by atoms with van der Waals surface area (Å²) in [5.41, 5.74) is 3.98. The van der Waals surface area contributed by atoms with Crippen LogP contribution in [0.4, 0.5) is 5.69 Å². The quantitative estimate of drug-likeness (QED) is 0.652. The van der Waals surface area contributed by atoms with Crippen molar-refractivity contribution in [3.8, 4) is 0 Å². The fraction of sp³-hybridized carbons (Fsp3) is 0.143. The SMILES string of the molecule is c1ccc(N2N=NCN2)cc1. The molecule has 4 nitrogen and oxygen atoms in total. The summed E-state index contributed by atoms with van der Waals surface area (Å²) in [4.78, 5) is 0. The molecule has 1 heterocycles. The summed E-state index contributed by atoms with van der Waals surface area (Å²) in [5.74, 6) is 0. The predicted octanol–water partition coefficient (Wildman–Crippen LogP) is 1.34. The van der Waals surface area contributed by atoms with Gasteiger partial charge in [-0.2, -0.15) is 15.7 Å². The van der Waals surface area contributed by atoms with E-state index in [2.05, 4.69) is 15.8 Å². The third-order valence-corrected chi connectivity index (χ3v) is 1.44. The monoisotopic (exact) mass is 148 g/mol. The van der Waals surface area contributed by atoms with Crippen molar-refractivity contribution >= 4 is 5.69 Å². The summed E-state index contributed by atoms with van der Waals surface area (Å²) in [6.07, 6.45) is 0. The van der Waals surface area contributed by atoms with Crippen LogP contribution in [0.2, 0.25) is 0 Å². The van der Waals surface area contributed by atoms with Crippen LogP contribution in [0, 0.1) is 0 Å². The van der Waals surface area contributed by atoms with Crippen molar-refractivity contribution in [3.63, 3.8) is 0 Å². The van der Waals surface area contributed by atoms with Gasteiger partial charge in [-0.1, -0.05) is 23.4 Å². The van der Waals surface area contributed by atoms with Crippen LogP contribution < -0.4 is 10.5 Å². The molecule has 1 aliphatic rings. The van der Waals surface area contributed by atoms with Gasteiger partial charge in [0.15, 0.2) is 0 Å². The molecular formula is C7H8N4. The molecule has 0 saturated heterocycles. The zero-order valence-corrected chi connectivity index (χ0v) is 5.94. The minimum absolute atomic E-state index is 0.564. The van der Waals surface area contributed by atoms with E-state index in [-0.39, 0.29) is 0 Å². The topological polar surface area (TPSA) is 40.0 Å². The molecule has 1 aromatic rings. The molecule has 0 fully saturated rings. The summed E-state index contributed by atoms with van der Waals surface area (Å²) in [7, 11) is 0. The Labute approximate surface area is 64.5 Å². The fourth-order valence-electron chi connectivity index (χ4n) is 0.937. The standard InChI is InChI=1S/C7H8N4/c1-2-4-7(5-3-1)11-9-6-8-10-11/h1-5,9H,6H2. The molecule has 2 rings (SSSR count). The van der Waals surface area contributed by atoms with Gasteiger partial charge in [-0.15, -0.1) is 0 Å². The van der Waals surface area contributed by atoms with E-state index in [1.807, 2.05) is 30.3 Å². The molecule has 0 bridgehead atoms. The van der Waals surface area contributed by atoms with Gasteiger partial charge in [-0.05, 0) is 12.1 Å². The Kier molecular flexibility index (Phi) is 1.53. The molecule has 4 heteroatoms. The van der Waals surface area contributed by atoms with Crippen molar-refractivity contribution in [2.75, 3.05) is 11.8 Å². The fourth-order valence-corrected chi connectivity index (χ4v) is 0.937. The maximum absolute atomic E-state index is 3.85. The second kappa shape index (κ2) is 2.67. The van der Waals surface area contributed by atoms with Gasteiger partial charge in [0.1, 0.15) is 6.67 Å². The number of benzene rings is 1. The molecule has 0 aromatic heterocycles. The Hall–Kier alpha value is -1.42. The molecule has 1 aliphatic heterocycles. The van der Waals surface area contributed by atoms with Crippen molar-refractivity contribution in [3.05, 3.63) is 30.3 Å². The Bertz CT molecular complexity index is 256. The number of nitrogens with one attached hydrogen (secondary N) is 1. The molecule has 1 N–H and O–H groups in total. The van der Waals surface area contributed by atoms with E-state index in [1.54, 1.807) is 5.12 Å². The van der Waals surface area contributed by atoms with Crippen molar-refractivity contribution < 1.29 is 0 Å². The number of para-hydroxylation sites is 1. The number of hydrogen-bond donors (Lipinski definition) is 1. The zero-order valence-electron chi connectivity index (χ0n) is 5.94. The molecular weight excluding hydrogens is 140 g/mol. The van der Waals surface area contributed by atoms with Gasteiger partial charge in [-0.3, -0.25) is 0 Å². The van der Waals surface area contributed by atoms with Crippen LogP contribution in [-0.4, -0.2) is 6.67 Å². The summed E-state index contributed by atoms with van der Waals surface area (Å²) in [6, 6.07) is 9.83. The molecule has 1 aromatic carbocycles. The van der Waals surface area contributed by atoms with Gasteiger partial charge >= 0.3 is 0 Å². The maximum Gasteiger partial charge on any atom is 0.131 e.